The molecule has 17 heavy (non-hydrogen) atoms. The van der Waals surface area contributed by atoms with Crippen molar-refractivity contribution in [2.24, 2.45) is 11.8 Å². The van der Waals surface area contributed by atoms with Crippen molar-refractivity contribution in [1.29, 1.82) is 0 Å². The Bertz CT molecular complexity index is 311. The minimum atomic E-state index is -1.21. The van der Waals surface area contributed by atoms with Crippen molar-refractivity contribution >= 4 is 16.1 Å². The lowest BCUT2D eigenvalue weighted by Gasteiger charge is -2.10. The summed E-state index contributed by atoms with van der Waals surface area (Å²) in [6.45, 7) is 18.2. The van der Waals surface area contributed by atoms with E-state index in [0.717, 1.165) is 6.42 Å². The monoisotopic (exact) mass is 264 g/mol. The van der Waals surface area contributed by atoms with E-state index < -0.39 is 16.1 Å². The summed E-state index contributed by atoms with van der Waals surface area (Å²) < 4.78 is 0. The van der Waals surface area contributed by atoms with Crippen LogP contribution in [0.1, 0.15) is 20.3 Å². The topological polar surface area (TPSA) is 0 Å². The van der Waals surface area contributed by atoms with E-state index in [2.05, 4.69) is 76.1 Å². The van der Waals surface area contributed by atoms with Gasteiger partial charge in [-0.25, -0.2) is 0 Å². The molecular weight excluding hydrogens is 236 g/mol. The first-order chi connectivity index (χ1) is 7.49. The molecule has 0 spiro atoms. The van der Waals surface area contributed by atoms with Crippen LogP contribution in [0.5, 0.6) is 0 Å². The maximum absolute atomic E-state index is 3.45. The van der Waals surface area contributed by atoms with Crippen molar-refractivity contribution in [1.82, 2.24) is 0 Å². The fraction of sp³-hybridized carbons (Fsp3) is 0.733. The Morgan fingerprint density at radius 1 is 0.706 bits per heavy atom. The highest BCUT2D eigenvalue weighted by Gasteiger charge is 2.11. The molecule has 0 radical (unpaired) electrons. The molecule has 0 bridgehead atoms. The van der Waals surface area contributed by atoms with Gasteiger partial charge in [-0.2, -0.15) is 0 Å². The Labute approximate surface area is 111 Å². The van der Waals surface area contributed by atoms with Crippen LogP contribution in [0.4, 0.5) is 0 Å². The summed E-state index contributed by atoms with van der Waals surface area (Å²) in [5, 5.41) is 0. The summed E-state index contributed by atoms with van der Waals surface area (Å²) >= 11 is 0. The highest BCUT2D eigenvalue weighted by Crippen LogP contribution is 2.11. The molecule has 0 amide bonds. The van der Waals surface area contributed by atoms with E-state index in [1.165, 1.54) is 0 Å². The van der Waals surface area contributed by atoms with Gasteiger partial charge in [-0.05, 0) is 6.42 Å². The first kappa shape index (κ1) is 16.6. The van der Waals surface area contributed by atoms with E-state index in [1.807, 2.05) is 0 Å². The maximum atomic E-state index is 3.45. The lowest BCUT2D eigenvalue weighted by atomic mass is 9.99. The van der Waals surface area contributed by atoms with Gasteiger partial charge in [0.15, 0.2) is 0 Å². The Kier molecular flexibility index (Phi) is 6.31. The molecule has 0 aromatic rings. The van der Waals surface area contributed by atoms with Crippen molar-refractivity contribution in [3.63, 3.8) is 0 Å². The van der Waals surface area contributed by atoms with E-state index in [0.29, 0.717) is 11.8 Å². The lowest BCUT2D eigenvalue weighted by Crippen LogP contribution is -2.17. The quantitative estimate of drug-likeness (QED) is 0.512. The minimum absolute atomic E-state index is 0.479. The van der Waals surface area contributed by atoms with Crippen LogP contribution in [0.15, 0.2) is 0 Å². The second kappa shape index (κ2) is 6.48. The third-order valence-electron chi connectivity index (χ3n) is 2.09. The summed E-state index contributed by atoms with van der Waals surface area (Å²) in [6, 6.07) is 0. The number of hydrogen-bond donors (Lipinski definition) is 0. The van der Waals surface area contributed by atoms with Gasteiger partial charge in [0.05, 0.1) is 0 Å². The van der Waals surface area contributed by atoms with Crippen molar-refractivity contribution in [3.8, 4) is 22.9 Å². The Hall–Kier alpha value is -0.446. The molecule has 0 aromatic carbocycles. The molecule has 0 unspecified atom stereocenters. The van der Waals surface area contributed by atoms with Gasteiger partial charge in [-0.1, -0.05) is 53.1 Å². The first-order valence-corrected chi connectivity index (χ1v) is 13.5. The Balaban J connectivity index is 4.34. The zero-order valence-electron chi connectivity index (χ0n) is 12.9. The maximum Gasteiger partial charge on any atom is 0.129 e. The smallest absolute Gasteiger partial charge is 0.129 e. The molecule has 0 aromatic heterocycles. The highest BCUT2D eigenvalue weighted by atomic mass is 28.3. The fourth-order valence-corrected chi connectivity index (χ4v) is 2.69. The van der Waals surface area contributed by atoms with Gasteiger partial charge < -0.3 is 0 Å². The molecule has 0 aliphatic heterocycles. The zero-order chi connectivity index (χ0) is 13.7. The van der Waals surface area contributed by atoms with Crippen LogP contribution in [0.2, 0.25) is 39.3 Å². The average Bonchev–Trinajstić information content (AvgIpc) is 2.09. The van der Waals surface area contributed by atoms with Gasteiger partial charge in [0.1, 0.15) is 16.1 Å². The second-order valence-corrected chi connectivity index (χ2v) is 16.6. The summed E-state index contributed by atoms with van der Waals surface area (Å²) in [6.07, 6.45) is 1.11. The Morgan fingerprint density at radius 2 is 1.00 bits per heavy atom. The molecule has 0 heterocycles. The number of rotatable bonds is 2. The van der Waals surface area contributed by atoms with Gasteiger partial charge in [-0.3, -0.25) is 0 Å². The first-order valence-electron chi connectivity index (χ1n) is 6.55. The lowest BCUT2D eigenvalue weighted by molar-refractivity contribution is 0.571. The summed E-state index contributed by atoms with van der Waals surface area (Å²) in [5.74, 6) is 7.77. The van der Waals surface area contributed by atoms with Crippen molar-refractivity contribution < 1.29 is 0 Å². The molecule has 0 aliphatic carbocycles. The van der Waals surface area contributed by atoms with Gasteiger partial charge in [0, 0.05) is 11.8 Å². The Morgan fingerprint density at radius 3 is 1.24 bits per heavy atom. The fourth-order valence-electron chi connectivity index (χ4n) is 1.33. The van der Waals surface area contributed by atoms with Crippen LogP contribution in [0, 0.1) is 34.8 Å². The number of hydrogen-bond acceptors (Lipinski definition) is 0. The van der Waals surface area contributed by atoms with E-state index in [-0.39, 0.29) is 0 Å². The molecular formula is C15H28Si2. The van der Waals surface area contributed by atoms with Crippen LogP contribution < -0.4 is 0 Å². The van der Waals surface area contributed by atoms with E-state index in [4.69, 9.17) is 0 Å². The largest absolute Gasteiger partial charge is 0.132 e. The van der Waals surface area contributed by atoms with Crippen molar-refractivity contribution in [2.75, 3.05) is 0 Å². The molecule has 0 saturated heterocycles. The average molecular weight is 265 g/mol. The van der Waals surface area contributed by atoms with Gasteiger partial charge in [-0.15, -0.1) is 22.9 Å². The summed E-state index contributed by atoms with van der Waals surface area (Å²) in [4.78, 5) is 0. The molecule has 0 N–H and O–H groups in total. The third-order valence-corrected chi connectivity index (χ3v) is 3.88. The molecule has 0 saturated carbocycles. The van der Waals surface area contributed by atoms with Crippen LogP contribution in [-0.2, 0) is 0 Å². The molecule has 0 nitrogen and oxygen atoms in total. The van der Waals surface area contributed by atoms with Gasteiger partial charge in [0.2, 0.25) is 0 Å². The standard InChI is InChI=1S/C15H28Si2/c1-14(9-11-16(3,4)5)13-15(2)10-12-17(6,7)8/h14-15H,13H2,1-8H3/t14-,15-/m0/s1. The van der Waals surface area contributed by atoms with Crippen LogP contribution in [-0.4, -0.2) is 16.1 Å². The second-order valence-electron chi connectivity index (χ2n) is 7.08. The SMILES string of the molecule is C[C@@H](C#C[Si](C)(C)C)C[C@@H](C)C#C[Si](C)(C)C. The predicted molar refractivity (Wildman–Crippen MR) is 85.2 cm³/mol. The van der Waals surface area contributed by atoms with E-state index in [9.17, 15) is 0 Å². The van der Waals surface area contributed by atoms with Crippen molar-refractivity contribution in [3.05, 3.63) is 0 Å². The molecule has 0 fully saturated rings. The predicted octanol–water partition coefficient (Wildman–Crippen LogP) is 4.41. The minimum Gasteiger partial charge on any atom is -0.132 e. The molecule has 0 aliphatic rings. The van der Waals surface area contributed by atoms with Crippen LogP contribution >= 0.6 is 0 Å². The van der Waals surface area contributed by atoms with Crippen LogP contribution in [0.25, 0.3) is 0 Å². The van der Waals surface area contributed by atoms with E-state index in [1.54, 1.807) is 0 Å². The summed E-state index contributed by atoms with van der Waals surface area (Å²) in [7, 11) is -2.42. The summed E-state index contributed by atoms with van der Waals surface area (Å²) in [5.41, 5.74) is 6.90. The molecule has 2 atom stereocenters. The van der Waals surface area contributed by atoms with Gasteiger partial charge in [0.25, 0.3) is 0 Å². The van der Waals surface area contributed by atoms with Crippen LogP contribution in [0.3, 0.4) is 0 Å². The third kappa shape index (κ3) is 11.8. The highest BCUT2D eigenvalue weighted by molar-refractivity contribution is 6.84. The van der Waals surface area contributed by atoms with Crippen molar-refractivity contribution in [2.45, 2.75) is 59.6 Å². The zero-order valence-corrected chi connectivity index (χ0v) is 14.9. The van der Waals surface area contributed by atoms with E-state index >= 15 is 0 Å². The normalized spacial score (nSPS) is 15.1. The molecule has 96 valence electrons. The molecule has 0 rings (SSSR count). The van der Waals surface area contributed by atoms with Gasteiger partial charge >= 0.3 is 0 Å². The molecule has 2 heteroatoms.